The number of nitrogens with zero attached hydrogens (tertiary/aromatic N) is 1. The van der Waals surface area contributed by atoms with E-state index in [4.69, 9.17) is 0 Å². The Hall–Kier alpha value is -2.39. The maximum atomic E-state index is 4.62. The van der Waals surface area contributed by atoms with Crippen LogP contribution in [0.25, 0.3) is 33.5 Å². The summed E-state index contributed by atoms with van der Waals surface area (Å²) in [6, 6.07) is 18.8. The van der Waals surface area contributed by atoms with Crippen molar-refractivity contribution in [2.24, 2.45) is 0 Å². The molecule has 0 fully saturated rings. The highest BCUT2D eigenvalue weighted by molar-refractivity contribution is 7.08. The first-order valence-corrected chi connectivity index (χ1v) is 7.42. The molecule has 0 aliphatic carbocycles. The van der Waals surface area contributed by atoms with E-state index >= 15 is 0 Å². The summed E-state index contributed by atoms with van der Waals surface area (Å²) < 4.78 is 0. The fraction of sp³-hybridized carbons (Fsp3) is 0. The van der Waals surface area contributed by atoms with Crippen LogP contribution < -0.4 is 0 Å². The van der Waals surface area contributed by atoms with Gasteiger partial charge in [-0.1, -0.05) is 36.4 Å². The van der Waals surface area contributed by atoms with E-state index in [9.17, 15) is 0 Å². The van der Waals surface area contributed by atoms with Crippen LogP contribution in [0.1, 0.15) is 0 Å². The summed E-state index contributed by atoms with van der Waals surface area (Å²) in [6.07, 6.45) is 0. The zero-order chi connectivity index (χ0) is 13.4. The summed E-state index contributed by atoms with van der Waals surface area (Å²) in [5.74, 6) is 0.920. The van der Waals surface area contributed by atoms with Gasteiger partial charge in [-0.3, -0.25) is 0 Å². The second-order valence-corrected chi connectivity index (χ2v) is 5.47. The predicted octanol–water partition coefficient (Wildman–Crippen LogP) is 4.96. The number of aromatic amines is 1. The number of hydrogen-bond donors (Lipinski definition) is 1. The van der Waals surface area contributed by atoms with Crippen LogP contribution in [0.15, 0.2) is 65.4 Å². The molecule has 0 aliphatic heterocycles. The first kappa shape index (κ1) is 11.4. The van der Waals surface area contributed by atoms with Gasteiger partial charge < -0.3 is 4.98 Å². The number of H-pyrrole nitrogens is 1. The Morgan fingerprint density at radius 2 is 1.60 bits per heavy atom. The molecule has 0 amide bonds. The van der Waals surface area contributed by atoms with Crippen molar-refractivity contribution in [3.05, 3.63) is 65.4 Å². The Labute approximate surface area is 120 Å². The van der Waals surface area contributed by atoms with Crippen LogP contribution in [0, 0.1) is 0 Å². The molecule has 2 aromatic heterocycles. The molecule has 0 saturated heterocycles. The Morgan fingerprint density at radius 1 is 0.800 bits per heavy atom. The Bertz CT molecular complexity index is 809. The van der Waals surface area contributed by atoms with E-state index in [1.165, 1.54) is 11.1 Å². The average Bonchev–Trinajstić information content (AvgIpc) is 3.17. The van der Waals surface area contributed by atoms with Gasteiger partial charge in [0.05, 0.1) is 11.0 Å². The minimum atomic E-state index is 0.920. The van der Waals surface area contributed by atoms with Crippen molar-refractivity contribution in [3.8, 4) is 22.5 Å². The molecule has 2 aromatic carbocycles. The molecule has 96 valence electrons. The molecular formula is C17H12N2S. The predicted molar refractivity (Wildman–Crippen MR) is 84.8 cm³/mol. The number of hydrogen-bond acceptors (Lipinski definition) is 2. The van der Waals surface area contributed by atoms with Crippen LogP contribution >= 0.6 is 11.3 Å². The second-order valence-electron chi connectivity index (χ2n) is 4.69. The van der Waals surface area contributed by atoms with Gasteiger partial charge in [-0.25, -0.2) is 4.98 Å². The van der Waals surface area contributed by atoms with Crippen LogP contribution in [0.5, 0.6) is 0 Å². The first-order chi connectivity index (χ1) is 9.90. The van der Waals surface area contributed by atoms with E-state index < -0.39 is 0 Å². The quantitative estimate of drug-likeness (QED) is 0.551. The molecule has 0 spiro atoms. The van der Waals surface area contributed by atoms with Gasteiger partial charge in [-0.2, -0.15) is 11.3 Å². The normalized spacial score (nSPS) is 11.0. The number of fused-ring (bicyclic) bond motifs is 1. The molecule has 0 unspecified atom stereocenters. The van der Waals surface area contributed by atoms with Gasteiger partial charge in [0.15, 0.2) is 0 Å². The van der Waals surface area contributed by atoms with E-state index in [1.54, 1.807) is 11.3 Å². The van der Waals surface area contributed by atoms with Crippen LogP contribution in [-0.2, 0) is 0 Å². The van der Waals surface area contributed by atoms with Crippen LogP contribution in [0.2, 0.25) is 0 Å². The molecule has 2 nitrogen and oxygen atoms in total. The second kappa shape index (κ2) is 4.62. The van der Waals surface area contributed by atoms with Gasteiger partial charge in [-0.15, -0.1) is 0 Å². The molecule has 3 heteroatoms. The Kier molecular flexibility index (Phi) is 2.64. The van der Waals surface area contributed by atoms with Crippen LogP contribution in [0.4, 0.5) is 0 Å². The smallest absolute Gasteiger partial charge is 0.138 e. The average molecular weight is 276 g/mol. The van der Waals surface area contributed by atoms with Gasteiger partial charge in [0.1, 0.15) is 5.82 Å². The summed E-state index contributed by atoms with van der Waals surface area (Å²) in [6.45, 7) is 0. The highest BCUT2D eigenvalue weighted by atomic mass is 32.1. The SMILES string of the molecule is c1ccc2[nH]c(-c3ccc(-c4ccsc4)cc3)nc2c1. The summed E-state index contributed by atoms with van der Waals surface area (Å²) in [7, 11) is 0. The molecule has 0 atom stereocenters. The summed E-state index contributed by atoms with van der Waals surface area (Å²) >= 11 is 1.72. The molecule has 0 radical (unpaired) electrons. The van der Waals surface area contributed by atoms with Crippen LogP contribution in [0.3, 0.4) is 0 Å². The standard InChI is InChI=1S/C17H12N2S/c1-2-4-16-15(3-1)18-17(19-16)13-7-5-12(6-8-13)14-9-10-20-11-14/h1-11H,(H,18,19). The summed E-state index contributed by atoms with van der Waals surface area (Å²) in [5, 5.41) is 4.26. The number of imidazole rings is 1. The van der Waals surface area contributed by atoms with Gasteiger partial charge in [0, 0.05) is 5.56 Å². The van der Waals surface area contributed by atoms with E-state index in [0.29, 0.717) is 0 Å². The first-order valence-electron chi connectivity index (χ1n) is 6.48. The highest BCUT2D eigenvalue weighted by Crippen LogP contribution is 2.26. The van der Waals surface area contributed by atoms with Gasteiger partial charge in [0.2, 0.25) is 0 Å². The number of thiophene rings is 1. The highest BCUT2D eigenvalue weighted by Gasteiger charge is 2.05. The minimum absolute atomic E-state index is 0.920. The van der Waals surface area contributed by atoms with Crippen molar-refractivity contribution in [1.82, 2.24) is 9.97 Å². The third-order valence-electron chi connectivity index (χ3n) is 3.40. The third kappa shape index (κ3) is 1.92. The lowest BCUT2D eigenvalue weighted by Crippen LogP contribution is -1.80. The van der Waals surface area contributed by atoms with Gasteiger partial charge >= 0.3 is 0 Å². The Morgan fingerprint density at radius 3 is 2.35 bits per heavy atom. The molecule has 4 aromatic rings. The zero-order valence-electron chi connectivity index (χ0n) is 10.7. The number of aromatic nitrogens is 2. The Balaban J connectivity index is 1.75. The maximum absolute atomic E-state index is 4.62. The van der Waals surface area contributed by atoms with Crippen LogP contribution in [-0.4, -0.2) is 9.97 Å². The van der Waals surface area contributed by atoms with Crippen molar-refractivity contribution < 1.29 is 0 Å². The summed E-state index contributed by atoms with van der Waals surface area (Å²) in [5.41, 5.74) is 5.70. The van der Waals surface area contributed by atoms with Crippen molar-refractivity contribution in [3.63, 3.8) is 0 Å². The largest absolute Gasteiger partial charge is 0.338 e. The maximum Gasteiger partial charge on any atom is 0.138 e. The lowest BCUT2D eigenvalue weighted by Gasteiger charge is -2.00. The number of benzene rings is 2. The molecule has 0 bridgehead atoms. The number of nitrogens with one attached hydrogen (secondary N) is 1. The van der Waals surface area contributed by atoms with Crippen molar-refractivity contribution >= 4 is 22.4 Å². The fourth-order valence-electron chi connectivity index (χ4n) is 2.34. The monoisotopic (exact) mass is 276 g/mol. The van der Waals surface area contributed by atoms with Gasteiger partial charge in [-0.05, 0) is 40.1 Å². The van der Waals surface area contributed by atoms with E-state index in [2.05, 4.69) is 51.1 Å². The lowest BCUT2D eigenvalue weighted by atomic mass is 10.1. The molecule has 0 aliphatic rings. The van der Waals surface area contributed by atoms with E-state index in [1.807, 2.05) is 24.3 Å². The molecule has 1 N–H and O–H groups in total. The molecule has 2 heterocycles. The zero-order valence-corrected chi connectivity index (χ0v) is 11.5. The molecular weight excluding hydrogens is 264 g/mol. The molecule has 20 heavy (non-hydrogen) atoms. The van der Waals surface area contributed by atoms with E-state index in [-0.39, 0.29) is 0 Å². The molecule has 0 saturated carbocycles. The van der Waals surface area contributed by atoms with Gasteiger partial charge in [0.25, 0.3) is 0 Å². The summed E-state index contributed by atoms with van der Waals surface area (Å²) in [4.78, 5) is 7.98. The minimum Gasteiger partial charge on any atom is -0.338 e. The fourth-order valence-corrected chi connectivity index (χ4v) is 3.00. The van der Waals surface area contributed by atoms with E-state index in [0.717, 1.165) is 22.4 Å². The van der Waals surface area contributed by atoms with Crippen molar-refractivity contribution in [1.29, 1.82) is 0 Å². The number of para-hydroxylation sites is 2. The molecule has 4 rings (SSSR count). The van der Waals surface area contributed by atoms with Crippen molar-refractivity contribution in [2.75, 3.05) is 0 Å². The number of rotatable bonds is 2. The van der Waals surface area contributed by atoms with Crippen molar-refractivity contribution in [2.45, 2.75) is 0 Å². The topological polar surface area (TPSA) is 28.7 Å². The lowest BCUT2D eigenvalue weighted by molar-refractivity contribution is 1.34. The third-order valence-corrected chi connectivity index (χ3v) is 4.09.